The minimum atomic E-state index is -0.384. The quantitative estimate of drug-likeness (QED) is 0.142. The van der Waals surface area contributed by atoms with E-state index in [4.69, 9.17) is 9.47 Å². The Morgan fingerprint density at radius 1 is 0.769 bits per heavy atom. The van der Waals surface area contributed by atoms with Crippen molar-refractivity contribution in [2.24, 2.45) is 0 Å². The molecule has 0 aromatic carbocycles. The number of carbonyl (C=O) groups excluding carboxylic acids is 2. The van der Waals surface area contributed by atoms with Crippen LogP contribution in [0.3, 0.4) is 0 Å². The van der Waals surface area contributed by atoms with Crippen LogP contribution in [0.15, 0.2) is 37.7 Å². The standard InChI is InChI=1S/C18H32N2O4.2ClH/c1-7-17(21)23-15-9-11-19(3,4)13-14-20(5,6)12-10-16-24-18(22)8-2;;/h7-8,13-14H,1-2,9-12,15-16H2,3-6H3;2*1H/q+2;;/p-2/b14-13-;;. The van der Waals surface area contributed by atoms with Crippen LogP contribution < -0.4 is 24.8 Å². The third-order valence-corrected chi connectivity index (χ3v) is 3.45. The Labute approximate surface area is 170 Å². The molecule has 0 aromatic rings. The number of quaternary nitrogens is 2. The zero-order valence-electron chi connectivity index (χ0n) is 16.2. The van der Waals surface area contributed by atoms with Gasteiger partial charge in [-0.2, -0.15) is 0 Å². The van der Waals surface area contributed by atoms with Crippen molar-refractivity contribution in [2.75, 3.05) is 54.5 Å². The van der Waals surface area contributed by atoms with Gasteiger partial charge in [0.25, 0.3) is 0 Å². The van der Waals surface area contributed by atoms with Gasteiger partial charge in [-0.05, 0) is 0 Å². The van der Waals surface area contributed by atoms with Crippen LogP contribution in [0.4, 0.5) is 0 Å². The van der Waals surface area contributed by atoms with E-state index in [9.17, 15) is 9.59 Å². The summed E-state index contributed by atoms with van der Waals surface area (Å²) in [5.74, 6) is -0.767. The Morgan fingerprint density at radius 3 is 1.35 bits per heavy atom. The molecule has 0 radical (unpaired) electrons. The molecule has 0 aliphatic carbocycles. The summed E-state index contributed by atoms with van der Waals surface area (Å²) < 4.78 is 11.4. The fraction of sp³-hybridized carbons (Fsp3) is 0.556. The number of halogens is 2. The van der Waals surface area contributed by atoms with Gasteiger partial charge in [0.1, 0.15) is 12.4 Å². The molecule has 26 heavy (non-hydrogen) atoms. The van der Waals surface area contributed by atoms with E-state index in [-0.39, 0.29) is 36.8 Å². The minimum absolute atomic E-state index is 0. The Morgan fingerprint density at radius 2 is 1.08 bits per heavy atom. The van der Waals surface area contributed by atoms with Crippen LogP contribution in [0.25, 0.3) is 0 Å². The van der Waals surface area contributed by atoms with Crippen molar-refractivity contribution in [3.63, 3.8) is 0 Å². The number of nitrogens with zero attached hydrogens (tertiary/aromatic N) is 2. The summed E-state index contributed by atoms with van der Waals surface area (Å²) >= 11 is 0. The number of ether oxygens (including phenoxy) is 2. The van der Waals surface area contributed by atoms with Gasteiger partial charge in [-0.25, -0.2) is 9.59 Å². The molecule has 0 fully saturated rings. The molecule has 0 atom stereocenters. The van der Waals surface area contributed by atoms with Crippen molar-refractivity contribution >= 4 is 11.9 Å². The Bertz CT molecular complexity index is 436. The van der Waals surface area contributed by atoms with Crippen LogP contribution in [0.1, 0.15) is 12.8 Å². The lowest BCUT2D eigenvalue weighted by molar-refractivity contribution is -0.867. The summed E-state index contributed by atoms with van der Waals surface area (Å²) in [6.07, 6.45) is 8.17. The molecular weight excluding hydrogens is 379 g/mol. The average Bonchev–Trinajstić information content (AvgIpc) is 2.53. The normalized spacial score (nSPS) is 11.1. The van der Waals surface area contributed by atoms with Gasteiger partial charge < -0.3 is 34.3 Å². The second kappa shape index (κ2) is 14.8. The predicted molar refractivity (Wildman–Crippen MR) is 94.6 cm³/mol. The summed E-state index contributed by atoms with van der Waals surface area (Å²) in [6.45, 7) is 9.24. The highest BCUT2D eigenvalue weighted by atomic mass is 35.5. The van der Waals surface area contributed by atoms with Gasteiger partial charge in [0.05, 0.1) is 54.5 Å². The molecule has 0 spiro atoms. The average molecular weight is 411 g/mol. The SMILES string of the molecule is C=CC(=O)OCCC[N+](C)(C)/C=C\[N+](C)(C)CCCOC(=O)C=C.[Cl-].[Cl-]. The fourth-order valence-electron chi connectivity index (χ4n) is 1.92. The van der Waals surface area contributed by atoms with Crippen molar-refractivity contribution in [1.82, 2.24) is 0 Å². The molecule has 0 N–H and O–H groups in total. The van der Waals surface area contributed by atoms with E-state index >= 15 is 0 Å². The molecule has 0 saturated carbocycles. The maximum Gasteiger partial charge on any atom is 0.330 e. The van der Waals surface area contributed by atoms with E-state index in [0.29, 0.717) is 22.2 Å². The zero-order chi connectivity index (χ0) is 18.6. The van der Waals surface area contributed by atoms with Crippen molar-refractivity contribution in [1.29, 1.82) is 0 Å². The summed E-state index contributed by atoms with van der Waals surface area (Å²) in [5, 5.41) is 0. The highest BCUT2D eigenvalue weighted by molar-refractivity contribution is 5.81. The number of esters is 2. The van der Waals surface area contributed by atoms with Crippen LogP contribution in [0, 0.1) is 0 Å². The Balaban J connectivity index is -0.00000264. The van der Waals surface area contributed by atoms with Crippen molar-refractivity contribution in [3.8, 4) is 0 Å². The highest BCUT2D eigenvalue weighted by Gasteiger charge is 2.17. The first-order valence-electron chi connectivity index (χ1n) is 8.06. The summed E-state index contributed by atoms with van der Waals surface area (Å²) in [6, 6.07) is 0. The van der Waals surface area contributed by atoms with Crippen molar-refractivity contribution < 1.29 is 52.8 Å². The molecule has 0 heterocycles. The monoisotopic (exact) mass is 410 g/mol. The van der Waals surface area contributed by atoms with Crippen LogP contribution >= 0.6 is 0 Å². The number of hydrogen-bond acceptors (Lipinski definition) is 4. The van der Waals surface area contributed by atoms with E-state index < -0.39 is 0 Å². The van der Waals surface area contributed by atoms with E-state index in [1.54, 1.807) is 0 Å². The maximum atomic E-state index is 11.0. The van der Waals surface area contributed by atoms with E-state index in [0.717, 1.165) is 25.9 Å². The second-order valence-corrected chi connectivity index (χ2v) is 6.75. The van der Waals surface area contributed by atoms with E-state index in [2.05, 4.69) is 53.7 Å². The third kappa shape index (κ3) is 16.1. The third-order valence-electron chi connectivity index (χ3n) is 3.45. The van der Waals surface area contributed by atoms with E-state index in [1.807, 2.05) is 0 Å². The van der Waals surface area contributed by atoms with Crippen LogP contribution in [-0.4, -0.2) is 75.4 Å². The molecule has 0 bridgehead atoms. The van der Waals surface area contributed by atoms with Crippen LogP contribution in [0.5, 0.6) is 0 Å². The molecule has 0 amide bonds. The molecule has 0 rings (SSSR count). The largest absolute Gasteiger partial charge is 1.00 e. The fourth-order valence-corrected chi connectivity index (χ4v) is 1.92. The maximum absolute atomic E-state index is 11.0. The summed E-state index contributed by atoms with van der Waals surface area (Å²) in [5.41, 5.74) is 0. The Hall–Kier alpha value is -1.34. The highest BCUT2D eigenvalue weighted by Crippen LogP contribution is 2.07. The first-order chi connectivity index (χ1) is 11.1. The van der Waals surface area contributed by atoms with Gasteiger partial charge in [0.2, 0.25) is 0 Å². The van der Waals surface area contributed by atoms with Gasteiger partial charge in [-0.1, -0.05) is 13.2 Å². The lowest BCUT2D eigenvalue weighted by Crippen LogP contribution is -3.00. The lowest BCUT2D eigenvalue weighted by atomic mass is 10.3. The number of rotatable bonds is 12. The van der Waals surface area contributed by atoms with Gasteiger partial charge in [0, 0.05) is 25.0 Å². The molecule has 0 aliphatic rings. The molecule has 0 unspecified atom stereocenters. The second-order valence-electron chi connectivity index (χ2n) is 6.75. The molecular formula is C18H32Cl2N2O4. The number of hydrogen-bond donors (Lipinski definition) is 0. The molecule has 0 saturated heterocycles. The van der Waals surface area contributed by atoms with Gasteiger partial charge in [-0.3, -0.25) is 8.97 Å². The zero-order valence-corrected chi connectivity index (χ0v) is 17.8. The molecule has 8 heteroatoms. The lowest BCUT2D eigenvalue weighted by Gasteiger charge is -2.28. The first-order valence-corrected chi connectivity index (χ1v) is 8.06. The molecule has 0 aromatic heterocycles. The van der Waals surface area contributed by atoms with Crippen LogP contribution in [0.2, 0.25) is 0 Å². The molecule has 152 valence electrons. The smallest absolute Gasteiger partial charge is 0.330 e. The predicted octanol–water partition coefficient (Wildman–Crippen LogP) is -4.14. The van der Waals surface area contributed by atoms with E-state index in [1.165, 1.54) is 12.2 Å². The summed E-state index contributed by atoms with van der Waals surface area (Å²) in [7, 11) is 8.38. The van der Waals surface area contributed by atoms with Crippen molar-refractivity contribution in [3.05, 3.63) is 37.7 Å². The minimum Gasteiger partial charge on any atom is -1.00 e. The topological polar surface area (TPSA) is 52.6 Å². The first kappa shape index (κ1) is 29.4. The van der Waals surface area contributed by atoms with Crippen LogP contribution in [-0.2, 0) is 19.1 Å². The van der Waals surface area contributed by atoms with Gasteiger partial charge in [-0.15, -0.1) is 0 Å². The molecule has 0 aliphatic heterocycles. The van der Waals surface area contributed by atoms with Gasteiger partial charge in [0.15, 0.2) is 0 Å². The van der Waals surface area contributed by atoms with Gasteiger partial charge >= 0.3 is 11.9 Å². The van der Waals surface area contributed by atoms with Crippen molar-refractivity contribution in [2.45, 2.75) is 12.8 Å². The Kier molecular flexibility index (Phi) is 16.7. The number of carbonyl (C=O) groups is 2. The summed E-state index contributed by atoms with van der Waals surface area (Å²) in [4.78, 5) is 22.0. The molecule has 6 nitrogen and oxygen atoms in total.